The highest BCUT2D eigenvalue weighted by molar-refractivity contribution is 7.18. The molecule has 1 amide bonds. The monoisotopic (exact) mass is 427 g/mol. The van der Waals surface area contributed by atoms with Crippen molar-refractivity contribution in [3.8, 4) is 5.75 Å². The van der Waals surface area contributed by atoms with Gasteiger partial charge in [-0.15, -0.1) is 11.3 Å². The number of hydrogen-bond acceptors (Lipinski definition) is 8. The lowest BCUT2D eigenvalue weighted by Gasteiger charge is -2.10. The molecule has 11 heteroatoms. The van der Waals surface area contributed by atoms with Gasteiger partial charge in [-0.1, -0.05) is 0 Å². The van der Waals surface area contributed by atoms with Gasteiger partial charge in [0.2, 0.25) is 0 Å². The van der Waals surface area contributed by atoms with Crippen molar-refractivity contribution in [2.75, 3.05) is 0 Å². The number of nitrogens with one attached hydrogen (secondary N) is 1. The average Bonchev–Trinajstić information content (AvgIpc) is 3.10. The Hall–Kier alpha value is -3.60. The molecule has 2 heterocycles. The number of rotatable bonds is 5. The van der Waals surface area contributed by atoms with Crippen LogP contribution in [-0.2, 0) is 24.2 Å². The fourth-order valence-electron chi connectivity index (χ4n) is 3.43. The number of hydrogen-bond donors (Lipinski definition) is 2. The van der Waals surface area contributed by atoms with E-state index in [-0.39, 0.29) is 12.1 Å². The Morgan fingerprint density at radius 1 is 1.40 bits per heavy atom. The van der Waals surface area contributed by atoms with Crippen LogP contribution in [0.5, 0.6) is 5.75 Å². The first-order valence-electron chi connectivity index (χ1n) is 9.23. The van der Waals surface area contributed by atoms with Crippen LogP contribution in [0.4, 0.5) is 5.69 Å². The number of carbonyl (C=O) groups is 1. The van der Waals surface area contributed by atoms with Gasteiger partial charge in [0, 0.05) is 16.5 Å². The summed E-state index contributed by atoms with van der Waals surface area (Å²) in [5.41, 5.74) is 2.96. The van der Waals surface area contributed by atoms with Gasteiger partial charge in [-0.2, -0.15) is 5.10 Å². The summed E-state index contributed by atoms with van der Waals surface area (Å²) in [6.45, 7) is -0.251. The summed E-state index contributed by atoms with van der Waals surface area (Å²) in [7, 11) is 0. The van der Waals surface area contributed by atoms with Gasteiger partial charge in [-0.05, 0) is 43.4 Å². The van der Waals surface area contributed by atoms with Gasteiger partial charge in [0.25, 0.3) is 11.5 Å². The van der Waals surface area contributed by atoms with E-state index in [0.717, 1.165) is 37.3 Å². The molecule has 30 heavy (non-hydrogen) atoms. The molecule has 3 aromatic rings. The number of aromatic nitrogens is 2. The molecule has 0 atom stereocenters. The van der Waals surface area contributed by atoms with Crippen molar-refractivity contribution >= 4 is 39.4 Å². The lowest BCUT2D eigenvalue weighted by Crippen LogP contribution is -2.30. The topological polar surface area (TPSA) is 140 Å². The fraction of sp³-hybridized carbons (Fsp3) is 0.263. The smallest absolute Gasteiger partial charge is 0.311 e. The summed E-state index contributed by atoms with van der Waals surface area (Å²) in [6.07, 6.45) is 6.53. The Balaban J connectivity index is 1.48. The van der Waals surface area contributed by atoms with E-state index < -0.39 is 22.3 Å². The predicted molar refractivity (Wildman–Crippen MR) is 111 cm³/mol. The van der Waals surface area contributed by atoms with Crippen LogP contribution < -0.4 is 11.0 Å². The van der Waals surface area contributed by atoms with Gasteiger partial charge in [0.15, 0.2) is 5.75 Å². The Morgan fingerprint density at radius 2 is 2.20 bits per heavy atom. The van der Waals surface area contributed by atoms with Crippen LogP contribution in [0.15, 0.2) is 34.4 Å². The van der Waals surface area contributed by atoms with Crippen molar-refractivity contribution in [3.05, 3.63) is 61.0 Å². The summed E-state index contributed by atoms with van der Waals surface area (Å²) >= 11 is 1.54. The first-order valence-corrected chi connectivity index (χ1v) is 10.0. The maximum Gasteiger partial charge on any atom is 0.311 e. The molecule has 0 spiro atoms. The molecule has 1 aliphatic carbocycles. The van der Waals surface area contributed by atoms with Gasteiger partial charge < -0.3 is 5.11 Å². The zero-order chi connectivity index (χ0) is 21.3. The summed E-state index contributed by atoms with van der Waals surface area (Å²) in [6, 6.07) is 3.72. The third-order valence-electron chi connectivity index (χ3n) is 4.85. The van der Waals surface area contributed by atoms with E-state index in [1.54, 1.807) is 11.3 Å². The van der Waals surface area contributed by atoms with E-state index in [1.807, 2.05) is 0 Å². The van der Waals surface area contributed by atoms with Crippen LogP contribution in [0.1, 0.15) is 28.8 Å². The van der Waals surface area contributed by atoms with Crippen molar-refractivity contribution in [1.29, 1.82) is 0 Å². The van der Waals surface area contributed by atoms with E-state index in [0.29, 0.717) is 15.8 Å². The van der Waals surface area contributed by atoms with E-state index >= 15 is 0 Å². The van der Waals surface area contributed by atoms with E-state index in [2.05, 4.69) is 15.5 Å². The standard InChI is InChI=1S/C19H17N5O5S/c25-14-6-5-11(7-13(14)24(28)29)8-21-22-16(26)9-23-10-20-18-17(19(23)27)12-3-1-2-4-15(12)30-18/h5-8,10,25H,1-4,9H2,(H,22,26)/b21-8+. The fourth-order valence-corrected chi connectivity index (χ4v) is 4.65. The van der Waals surface area contributed by atoms with Gasteiger partial charge in [0.1, 0.15) is 11.4 Å². The molecular weight excluding hydrogens is 410 g/mol. The number of benzene rings is 1. The maximum atomic E-state index is 12.8. The zero-order valence-electron chi connectivity index (χ0n) is 15.7. The molecular formula is C19H17N5O5S. The Bertz CT molecular complexity index is 1250. The molecule has 0 radical (unpaired) electrons. The number of carbonyl (C=O) groups excluding carboxylic acids is 1. The number of phenolic OH excluding ortho intramolecular Hbond substituents is 1. The van der Waals surface area contributed by atoms with Crippen LogP contribution in [0, 0.1) is 10.1 Å². The number of nitro benzene ring substituents is 1. The van der Waals surface area contributed by atoms with Crippen molar-refractivity contribution < 1.29 is 14.8 Å². The molecule has 0 fully saturated rings. The lowest BCUT2D eigenvalue weighted by molar-refractivity contribution is -0.385. The quantitative estimate of drug-likeness (QED) is 0.363. The SMILES string of the molecule is O=C(Cn1cnc2sc3c(c2c1=O)CCCC3)N/N=C/c1ccc(O)c([N+](=O)[O-])c1. The second-order valence-electron chi connectivity index (χ2n) is 6.87. The number of thiophene rings is 1. The predicted octanol–water partition coefficient (Wildman–Crippen LogP) is 2.10. The molecule has 154 valence electrons. The number of nitrogens with zero attached hydrogens (tertiary/aromatic N) is 4. The Labute approximate surface area is 173 Å². The number of fused-ring (bicyclic) bond motifs is 3. The van der Waals surface area contributed by atoms with Gasteiger partial charge in [-0.25, -0.2) is 10.4 Å². The highest BCUT2D eigenvalue weighted by Crippen LogP contribution is 2.33. The summed E-state index contributed by atoms with van der Waals surface area (Å²) in [5.74, 6) is -0.994. The van der Waals surface area contributed by atoms with Gasteiger partial charge in [-0.3, -0.25) is 24.3 Å². The molecule has 2 N–H and O–H groups in total. The van der Waals surface area contributed by atoms with Crippen LogP contribution >= 0.6 is 11.3 Å². The highest BCUT2D eigenvalue weighted by Gasteiger charge is 2.20. The third-order valence-corrected chi connectivity index (χ3v) is 6.05. The minimum atomic E-state index is -0.718. The molecule has 0 saturated heterocycles. The molecule has 1 aromatic carbocycles. The summed E-state index contributed by atoms with van der Waals surface area (Å²) in [5, 5.41) is 24.7. The van der Waals surface area contributed by atoms with Crippen molar-refractivity contribution in [3.63, 3.8) is 0 Å². The number of phenols is 1. The largest absolute Gasteiger partial charge is 0.502 e. The maximum absolute atomic E-state index is 12.8. The zero-order valence-corrected chi connectivity index (χ0v) is 16.5. The third kappa shape index (κ3) is 3.79. The lowest BCUT2D eigenvalue weighted by atomic mass is 9.97. The molecule has 10 nitrogen and oxygen atoms in total. The van der Waals surface area contributed by atoms with Crippen molar-refractivity contribution in [2.45, 2.75) is 32.2 Å². The second-order valence-corrected chi connectivity index (χ2v) is 7.95. The van der Waals surface area contributed by atoms with Gasteiger partial charge >= 0.3 is 5.69 Å². The van der Waals surface area contributed by atoms with Crippen LogP contribution in [0.25, 0.3) is 10.2 Å². The molecule has 0 saturated carbocycles. The van der Waals surface area contributed by atoms with Crippen LogP contribution in [-0.4, -0.2) is 31.7 Å². The number of aromatic hydroxyl groups is 1. The number of hydrazone groups is 1. The van der Waals surface area contributed by atoms with E-state index in [1.165, 1.54) is 34.1 Å². The first kappa shape index (κ1) is 19.7. The number of nitro groups is 1. The first-order chi connectivity index (χ1) is 14.4. The normalized spacial score (nSPS) is 13.5. The Morgan fingerprint density at radius 3 is 3.00 bits per heavy atom. The number of amides is 1. The van der Waals surface area contributed by atoms with E-state index in [9.17, 15) is 24.8 Å². The highest BCUT2D eigenvalue weighted by atomic mass is 32.1. The molecule has 4 rings (SSSR count). The van der Waals surface area contributed by atoms with E-state index in [4.69, 9.17) is 0 Å². The second kappa shape index (κ2) is 8.03. The van der Waals surface area contributed by atoms with Crippen molar-refractivity contribution in [2.24, 2.45) is 5.10 Å². The molecule has 0 aliphatic heterocycles. The minimum absolute atomic E-state index is 0.243. The molecule has 0 bridgehead atoms. The van der Waals surface area contributed by atoms with Crippen LogP contribution in [0.2, 0.25) is 0 Å². The van der Waals surface area contributed by atoms with Crippen LogP contribution in [0.3, 0.4) is 0 Å². The molecule has 1 aliphatic rings. The van der Waals surface area contributed by atoms with Crippen molar-refractivity contribution in [1.82, 2.24) is 15.0 Å². The molecule has 0 unspecified atom stereocenters. The average molecular weight is 427 g/mol. The summed E-state index contributed by atoms with van der Waals surface area (Å²) in [4.78, 5) is 41.4. The summed E-state index contributed by atoms with van der Waals surface area (Å²) < 4.78 is 1.25. The molecule has 2 aromatic heterocycles. The number of aryl methyl sites for hydroxylation is 2. The Kier molecular flexibility index (Phi) is 5.27. The minimum Gasteiger partial charge on any atom is -0.502 e. The van der Waals surface area contributed by atoms with Gasteiger partial charge in [0.05, 0.1) is 22.9 Å².